The molecule has 3 aromatic carbocycles. The molecule has 0 radical (unpaired) electrons. The lowest BCUT2D eigenvalue weighted by Crippen LogP contribution is -2.54. The van der Waals surface area contributed by atoms with Crippen LogP contribution in [0.25, 0.3) is 0 Å². The third-order valence-electron chi connectivity index (χ3n) is 10.3. The number of aromatic nitrogens is 2. The van der Waals surface area contributed by atoms with Crippen molar-refractivity contribution < 1.29 is 41.9 Å². The molecule has 3 aliphatic heterocycles. The third kappa shape index (κ3) is 8.66. The highest BCUT2D eigenvalue weighted by Gasteiger charge is 2.44. The Morgan fingerprint density at radius 1 is 1.02 bits per heavy atom. The fourth-order valence-electron chi connectivity index (χ4n) is 7.10. The Morgan fingerprint density at radius 3 is 2.44 bits per heavy atom. The molecule has 0 aliphatic carbocycles. The molecule has 7 rings (SSSR count). The second-order valence-electron chi connectivity index (χ2n) is 14.9. The summed E-state index contributed by atoms with van der Waals surface area (Å²) in [5.74, 6) is -2.07. The summed E-state index contributed by atoms with van der Waals surface area (Å²) in [6.07, 6.45) is 1.71. The number of fused-ring (bicyclic) bond motifs is 1. The van der Waals surface area contributed by atoms with E-state index in [1.807, 2.05) is 55.1 Å². The molecule has 2 fully saturated rings. The number of piperidine rings is 1. The summed E-state index contributed by atoms with van der Waals surface area (Å²) in [5.41, 5.74) is 2.99. The number of nitrogens with zero attached hydrogens (tertiary/aromatic N) is 5. The number of halogens is 1. The van der Waals surface area contributed by atoms with Gasteiger partial charge in [-0.05, 0) is 66.1 Å². The molecule has 1 unspecified atom stereocenters. The lowest BCUT2D eigenvalue weighted by molar-refractivity contribution is -0.136. The van der Waals surface area contributed by atoms with E-state index >= 15 is 0 Å². The van der Waals surface area contributed by atoms with Crippen LogP contribution in [0.4, 0.5) is 22.1 Å². The lowest BCUT2D eigenvalue weighted by Gasteiger charge is -2.41. The molecule has 304 valence electrons. The molecule has 0 spiro atoms. The minimum Gasteiger partial charge on any atom is -0.487 e. The largest absolute Gasteiger partial charge is 0.487 e. The van der Waals surface area contributed by atoms with Gasteiger partial charge < -0.3 is 14.4 Å². The molecule has 5 amide bonds. The van der Waals surface area contributed by atoms with E-state index in [1.54, 1.807) is 6.07 Å². The van der Waals surface area contributed by atoms with E-state index in [0.717, 1.165) is 22.3 Å². The normalized spacial score (nSPS) is 16.8. The first kappa shape index (κ1) is 40.6. The first-order valence-electron chi connectivity index (χ1n) is 18.3. The van der Waals surface area contributed by atoms with Crippen LogP contribution in [0.15, 0.2) is 66.9 Å². The molecule has 19 heteroatoms. The lowest BCUT2D eigenvalue weighted by atomic mass is 9.77. The number of nitriles is 1. The number of imide groups is 2. The van der Waals surface area contributed by atoms with E-state index in [4.69, 9.17) is 21.1 Å². The minimum atomic E-state index is -3.53. The smallest absolute Gasteiger partial charge is 0.411 e. The van der Waals surface area contributed by atoms with Crippen LogP contribution in [-0.4, -0.2) is 85.0 Å². The van der Waals surface area contributed by atoms with E-state index < -0.39 is 51.2 Å². The molecule has 1 atom stereocenters. The number of hydrogen-bond donors (Lipinski definition) is 3. The number of carbonyl (C=O) groups is 5. The highest BCUT2D eigenvalue weighted by molar-refractivity contribution is 7.92. The van der Waals surface area contributed by atoms with Crippen LogP contribution in [-0.2, 0) is 36.4 Å². The fraction of sp³-hybridized carbons (Fsp3) is 0.300. The molecule has 4 heterocycles. The summed E-state index contributed by atoms with van der Waals surface area (Å²) in [4.78, 5) is 73.6. The fourth-order valence-corrected chi connectivity index (χ4v) is 7.87. The van der Waals surface area contributed by atoms with Crippen molar-refractivity contribution in [1.29, 1.82) is 5.26 Å². The van der Waals surface area contributed by atoms with Crippen molar-refractivity contribution in [2.75, 3.05) is 40.9 Å². The molecule has 59 heavy (non-hydrogen) atoms. The third-order valence-corrected chi connectivity index (χ3v) is 11.1. The number of hydrogen-bond acceptors (Lipinski definition) is 13. The number of carbonyl (C=O) groups excluding carboxylic acids is 5. The zero-order chi connectivity index (χ0) is 42.2. The van der Waals surface area contributed by atoms with Gasteiger partial charge in [0, 0.05) is 42.7 Å². The molecule has 4 aromatic rings. The second kappa shape index (κ2) is 16.0. The molecule has 2 saturated heterocycles. The average molecular weight is 841 g/mol. The predicted molar refractivity (Wildman–Crippen MR) is 213 cm³/mol. The van der Waals surface area contributed by atoms with Crippen LogP contribution >= 0.6 is 11.6 Å². The Labute approximate surface area is 343 Å². The zero-order valence-electron chi connectivity index (χ0n) is 31.9. The van der Waals surface area contributed by atoms with Gasteiger partial charge in [-0.15, -0.1) is 0 Å². The standard InChI is InChI=1S/C40H37ClN8O9S/c1-40(2,24-4-7-28(8-5-24)57-21-27-12-13-43-38(44-27)47-59(3,55)56)25-14-23(17-42)34(31(41)15-25)48-18-22(19-48)20-58-39(54)45-26-6-9-29-30(16-26)37(53)49(36(29)52)32-10-11-33(50)46-35(32)51/h4-9,12-16,22,32H,10-11,18-21H2,1-3H3,(H,45,54)(H,43,44,47)(H,46,50,51). The molecular formula is C40H37ClN8O9S. The molecule has 0 bridgehead atoms. The van der Waals surface area contributed by atoms with Crippen LogP contribution in [0.2, 0.25) is 5.02 Å². The van der Waals surface area contributed by atoms with E-state index in [9.17, 15) is 37.7 Å². The summed E-state index contributed by atoms with van der Waals surface area (Å²) < 4.78 is 36.6. The molecule has 17 nitrogen and oxygen atoms in total. The van der Waals surface area contributed by atoms with Gasteiger partial charge in [-0.3, -0.25) is 39.4 Å². The van der Waals surface area contributed by atoms with Gasteiger partial charge in [-0.2, -0.15) is 5.26 Å². The molecule has 3 N–H and O–H groups in total. The van der Waals surface area contributed by atoms with Gasteiger partial charge in [0.1, 0.15) is 24.5 Å². The maximum Gasteiger partial charge on any atom is 0.411 e. The van der Waals surface area contributed by atoms with E-state index in [2.05, 4.69) is 31.4 Å². The van der Waals surface area contributed by atoms with Gasteiger partial charge in [-0.1, -0.05) is 37.6 Å². The van der Waals surface area contributed by atoms with Gasteiger partial charge in [0.2, 0.25) is 27.8 Å². The maximum atomic E-state index is 13.1. The van der Waals surface area contributed by atoms with Crippen molar-refractivity contribution in [3.05, 3.63) is 105 Å². The van der Waals surface area contributed by atoms with Gasteiger partial charge >= 0.3 is 6.09 Å². The van der Waals surface area contributed by atoms with Crippen molar-refractivity contribution in [1.82, 2.24) is 20.2 Å². The monoisotopic (exact) mass is 840 g/mol. The highest BCUT2D eigenvalue weighted by Crippen LogP contribution is 2.41. The van der Waals surface area contributed by atoms with Crippen LogP contribution in [0.3, 0.4) is 0 Å². The molecular weight excluding hydrogens is 804 g/mol. The quantitative estimate of drug-likeness (QED) is 0.169. The maximum absolute atomic E-state index is 13.1. The van der Waals surface area contributed by atoms with Crippen molar-refractivity contribution >= 4 is 68.7 Å². The van der Waals surface area contributed by atoms with Gasteiger partial charge in [0.25, 0.3) is 11.8 Å². The van der Waals surface area contributed by atoms with E-state index in [0.29, 0.717) is 40.8 Å². The van der Waals surface area contributed by atoms with Crippen LogP contribution in [0.1, 0.15) is 69.8 Å². The average Bonchev–Trinajstić information content (AvgIpc) is 3.41. The van der Waals surface area contributed by atoms with E-state index in [-0.39, 0.29) is 54.7 Å². The Bertz CT molecular complexity index is 2550. The van der Waals surface area contributed by atoms with Crippen molar-refractivity contribution in [2.24, 2.45) is 5.92 Å². The Morgan fingerprint density at radius 2 is 1.75 bits per heavy atom. The Kier molecular flexibility index (Phi) is 11.0. The highest BCUT2D eigenvalue weighted by atomic mass is 35.5. The van der Waals surface area contributed by atoms with Crippen molar-refractivity contribution in [2.45, 2.75) is 44.8 Å². The van der Waals surface area contributed by atoms with Gasteiger partial charge in [0.15, 0.2) is 0 Å². The first-order chi connectivity index (χ1) is 28.0. The number of rotatable bonds is 12. The number of nitrogens with one attached hydrogen (secondary N) is 3. The van der Waals surface area contributed by atoms with Gasteiger partial charge in [-0.25, -0.2) is 23.2 Å². The van der Waals surface area contributed by atoms with Crippen LogP contribution in [0, 0.1) is 17.2 Å². The van der Waals surface area contributed by atoms with Gasteiger partial charge in [0.05, 0.1) is 46.0 Å². The van der Waals surface area contributed by atoms with Crippen LogP contribution in [0.5, 0.6) is 5.75 Å². The summed E-state index contributed by atoms with van der Waals surface area (Å²) in [7, 11) is -3.53. The zero-order valence-corrected chi connectivity index (χ0v) is 33.5. The summed E-state index contributed by atoms with van der Waals surface area (Å²) in [6, 6.07) is 18.1. The number of sulfonamides is 1. The van der Waals surface area contributed by atoms with Crippen molar-refractivity contribution in [3.8, 4) is 11.8 Å². The Balaban J connectivity index is 0.920. The Hall–Kier alpha value is -6.58. The summed E-state index contributed by atoms with van der Waals surface area (Å²) in [5, 5.41) is 15.3. The topological polar surface area (TPSA) is 230 Å². The summed E-state index contributed by atoms with van der Waals surface area (Å²) in [6.45, 7) is 5.14. The first-order valence-corrected chi connectivity index (χ1v) is 20.6. The predicted octanol–water partition coefficient (Wildman–Crippen LogP) is 4.36. The number of anilines is 3. The second-order valence-corrected chi connectivity index (χ2v) is 17.0. The molecule has 0 saturated carbocycles. The minimum absolute atomic E-state index is 0.00135. The number of ether oxygens (including phenoxy) is 2. The van der Waals surface area contributed by atoms with E-state index in [1.165, 1.54) is 24.4 Å². The number of amides is 5. The molecule has 3 aliphatic rings. The summed E-state index contributed by atoms with van der Waals surface area (Å²) >= 11 is 6.84. The molecule has 1 aromatic heterocycles. The van der Waals surface area contributed by atoms with Crippen molar-refractivity contribution in [3.63, 3.8) is 0 Å². The number of benzene rings is 3. The SMILES string of the molecule is CC(C)(c1ccc(OCc2ccnc(NS(C)(=O)=O)n2)cc1)c1cc(Cl)c(N2CC(COC(=O)Nc3ccc4c(c3)C(=O)N(C3CCC(=O)NC3=O)C4=O)C2)c(C#N)c1. The van der Waals surface area contributed by atoms with Crippen LogP contribution < -0.4 is 25.0 Å².